The predicted molar refractivity (Wildman–Crippen MR) is 357 cm³/mol. The van der Waals surface area contributed by atoms with Gasteiger partial charge in [0.05, 0.1) is 32.0 Å². The molecule has 0 aromatic heterocycles. The van der Waals surface area contributed by atoms with E-state index in [1.807, 2.05) is 36.5 Å². The predicted octanol–water partition coefficient (Wildman–Crippen LogP) is 11.1. The van der Waals surface area contributed by atoms with E-state index in [0.29, 0.717) is 0 Å². The highest BCUT2D eigenvalue weighted by Crippen LogP contribution is 2.48. The van der Waals surface area contributed by atoms with Gasteiger partial charge in [-0.15, -0.1) is 10.2 Å². The number of hydrogen-bond acceptors (Lipinski definition) is 13. The molecule has 0 fully saturated rings. The molecule has 0 bridgehead atoms. The molecule has 19 heteroatoms. The summed E-state index contributed by atoms with van der Waals surface area (Å²) in [5.74, 6) is -0.00554. The number of benzene rings is 9. The Hall–Kier alpha value is -8.79. The number of halogens is 1. The monoisotopic (exact) mass is 1310 g/mol. The van der Waals surface area contributed by atoms with E-state index in [1.165, 1.54) is 114 Å². The maximum Gasteiger partial charge on any atom is 0.227 e. The molecule has 93 heavy (non-hydrogen) atoms. The van der Waals surface area contributed by atoms with E-state index in [1.54, 1.807) is 11.8 Å². The van der Waals surface area contributed by atoms with Crippen LogP contribution in [-0.4, -0.2) is 72.2 Å². The summed E-state index contributed by atoms with van der Waals surface area (Å²) in [4.78, 5) is 17.4. The minimum atomic E-state index is -4.94. The Kier molecular flexibility index (Phi) is 19.4. The Morgan fingerprint density at radius 1 is 0.505 bits per heavy atom. The van der Waals surface area contributed by atoms with Gasteiger partial charge in [-0.1, -0.05) is 185 Å². The molecule has 13 rings (SSSR count). The maximum absolute atomic E-state index is 12.1. The SMILES string of the molecule is CC(=O)N(C=CC1=[N+](C)c2ccccc2C1(C)C)c1ccccc1.CC1=Nc2c(ccc3ccccc23)C1(C)C.C[N+]1=C(C=CC=C2Nc3c(ccc4ccccc34)C2(C)C)C(C)(C)c2ccccc21.O=S(=O)([O-])c1cccc2c(S(=O)(=O)[O-])cccc12.[O-][Cl+3]([O-])([O-])[O-]. The quantitative estimate of drug-likeness (QED) is 0.115. The van der Waals surface area contributed by atoms with Crippen LogP contribution < -0.4 is 28.9 Å². The Balaban J connectivity index is 0.000000146. The number of nitrogens with zero attached hydrogens (tertiary/aromatic N) is 4. The van der Waals surface area contributed by atoms with Crippen LogP contribution in [0.1, 0.15) is 91.5 Å². The van der Waals surface area contributed by atoms with Crippen molar-refractivity contribution in [3.05, 3.63) is 247 Å². The van der Waals surface area contributed by atoms with Gasteiger partial charge in [0.15, 0.2) is 11.4 Å². The van der Waals surface area contributed by atoms with Crippen LogP contribution in [0.4, 0.5) is 28.4 Å². The van der Waals surface area contributed by atoms with Gasteiger partial charge in [0, 0.05) is 98.0 Å². The van der Waals surface area contributed by atoms with Gasteiger partial charge in [0.25, 0.3) is 0 Å². The molecule has 0 saturated heterocycles. The second-order valence-corrected chi connectivity index (χ2v) is 28.5. The average molecular weight is 1310 g/mol. The van der Waals surface area contributed by atoms with Crippen molar-refractivity contribution >= 4 is 104 Å². The van der Waals surface area contributed by atoms with Crippen molar-refractivity contribution in [3.8, 4) is 0 Å². The summed E-state index contributed by atoms with van der Waals surface area (Å²) >= 11 is 0. The fourth-order valence-electron chi connectivity index (χ4n) is 12.6. The third-order valence-corrected chi connectivity index (χ3v) is 19.6. The van der Waals surface area contributed by atoms with Gasteiger partial charge < -0.3 is 14.4 Å². The average Bonchev–Trinajstić information content (AvgIpc) is 1.68. The highest BCUT2D eigenvalue weighted by Gasteiger charge is 2.44. The molecule has 9 aromatic carbocycles. The van der Waals surface area contributed by atoms with E-state index in [4.69, 9.17) is 23.6 Å². The molecule has 0 unspecified atom stereocenters. The van der Waals surface area contributed by atoms with Gasteiger partial charge in [-0.2, -0.15) is 9.15 Å². The highest BCUT2D eigenvalue weighted by molar-refractivity contribution is 7.86. The van der Waals surface area contributed by atoms with Gasteiger partial charge in [-0.3, -0.25) is 14.7 Å². The smallest absolute Gasteiger partial charge is 0.227 e. The number of fused-ring (bicyclic) bond motifs is 9. The first-order valence-corrected chi connectivity index (χ1v) is 33.9. The Bertz CT molecular complexity index is 4770. The summed E-state index contributed by atoms with van der Waals surface area (Å²) in [6.07, 6.45) is 10.6. The molecule has 480 valence electrons. The molecule has 0 radical (unpaired) electrons. The number of amides is 1. The van der Waals surface area contributed by atoms with Crippen LogP contribution in [0.5, 0.6) is 0 Å². The number of carbonyl (C=O) groups is 1. The van der Waals surface area contributed by atoms with Crippen molar-refractivity contribution in [2.75, 3.05) is 24.3 Å². The van der Waals surface area contributed by atoms with Crippen molar-refractivity contribution in [1.29, 1.82) is 0 Å². The lowest BCUT2D eigenvalue weighted by atomic mass is 9.81. The molecule has 0 atom stereocenters. The Morgan fingerprint density at radius 2 is 0.935 bits per heavy atom. The minimum Gasteiger partial charge on any atom is -0.744 e. The second-order valence-electron chi connectivity index (χ2n) is 25.0. The number of rotatable bonds is 7. The van der Waals surface area contributed by atoms with Crippen molar-refractivity contribution in [2.24, 2.45) is 4.99 Å². The van der Waals surface area contributed by atoms with E-state index in [2.05, 4.69) is 237 Å². The Labute approximate surface area is 546 Å². The molecule has 16 nitrogen and oxygen atoms in total. The zero-order valence-electron chi connectivity index (χ0n) is 53.8. The lowest BCUT2D eigenvalue weighted by Gasteiger charge is -2.20. The standard InChI is InChI=1S/C28H28N2.C21H23N2O.C15H15N.C10H8O6S2.ClHO4/c1-27(2)22-18-17-19-11-6-7-12-20(19)26(22)29-24(27)15-10-16-25-28(3,4)21-13-8-9-14-23(21)30(25)5;1-16(24)23(17-10-6-5-7-11-17)15-14-20-21(2,3)18-12-8-9-13-19(18)22(20)4;1-10-15(2,3)13-9-8-11-6-4-5-7-12(11)14(13)16-10;11-17(12,13)9-5-1-3-7-8(9)4-2-6-10(7)18(14,15)16;2-1(3,4)5/h6-18H,1-5H3;5-15H,1-4H3;4-9H,1-3H3;1-6H,(H,11,12,13)(H,14,15,16);(H,2,3,4,5)/q;+1;;;/p-2. The minimum absolute atomic E-state index is 0.00185. The first kappa shape index (κ1) is 68.6. The van der Waals surface area contributed by atoms with Crippen molar-refractivity contribution in [2.45, 2.75) is 101 Å². The number of carbonyl (C=O) groups excluding carboxylic acids is 1. The lowest BCUT2D eigenvalue weighted by molar-refractivity contribution is -2.00. The van der Waals surface area contributed by atoms with Crippen LogP contribution >= 0.6 is 0 Å². The summed E-state index contributed by atoms with van der Waals surface area (Å²) < 4.78 is 105. The number of aliphatic imine (C=N–C) groups is 1. The summed E-state index contributed by atoms with van der Waals surface area (Å²) in [6, 6.07) is 59.9. The molecule has 1 amide bonds. The van der Waals surface area contributed by atoms with Crippen LogP contribution in [0.25, 0.3) is 32.3 Å². The van der Waals surface area contributed by atoms with Crippen LogP contribution in [0.3, 0.4) is 0 Å². The van der Waals surface area contributed by atoms with Crippen LogP contribution in [0.15, 0.2) is 239 Å². The molecule has 1 N–H and O–H groups in total. The first-order valence-electron chi connectivity index (χ1n) is 29.8. The molecular weight excluding hydrogens is 1230 g/mol. The van der Waals surface area contributed by atoms with Crippen LogP contribution in [-0.2, 0) is 46.7 Å². The zero-order valence-corrected chi connectivity index (χ0v) is 56.1. The number of anilines is 2. The molecule has 4 aliphatic heterocycles. The van der Waals surface area contributed by atoms with Crippen LogP contribution in [0, 0.1) is 10.2 Å². The number of allylic oxidation sites excluding steroid dienone is 5. The summed E-state index contributed by atoms with van der Waals surface area (Å²) in [7, 11) is -10.2. The third-order valence-electron chi connectivity index (χ3n) is 17.8. The molecular formula is C74H73ClN5O11S2-. The van der Waals surface area contributed by atoms with E-state index in [9.17, 15) is 30.7 Å². The summed E-state index contributed by atoms with van der Waals surface area (Å²) in [5.41, 5.74) is 16.1. The second kappa shape index (κ2) is 26.3. The van der Waals surface area contributed by atoms with E-state index in [0.717, 1.165) is 17.8 Å². The molecule has 0 aliphatic carbocycles. The normalized spacial score (nSPS) is 16.6. The van der Waals surface area contributed by atoms with E-state index < -0.39 is 40.3 Å². The number of nitrogens with one attached hydrogen (secondary N) is 1. The third kappa shape index (κ3) is 14.3. The molecule has 9 aromatic rings. The fraction of sp³-hybridized carbons (Fsp3) is 0.216. The maximum atomic E-state index is 12.1. The molecule has 4 heterocycles. The largest absolute Gasteiger partial charge is 0.744 e. The highest BCUT2D eigenvalue weighted by atomic mass is 35.7. The molecule has 0 spiro atoms. The van der Waals surface area contributed by atoms with Crippen molar-refractivity contribution in [3.63, 3.8) is 0 Å². The van der Waals surface area contributed by atoms with Gasteiger partial charge >= 0.3 is 0 Å². The molecule has 0 saturated carbocycles. The van der Waals surface area contributed by atoms with Crippen LogP contribution in [0.2, 0.25) is 0 Å². The van der Waals surface area contributed by atoms with E-state index >= 15 is 0 Å². The zero-order chi connectivity index (χ0) is 67.8. The van der Waals surface area contributed by atoms with Crippen molar-refractivity contribution in [1.82, 2.24) is 0 Å². The summed E-state index contributed by atoms with van der Waals surface area (Å²) in [5, 5.41) is 8.68. The Morgan fingerprint density at radius 3 is 1.43 bits per heavy atom. The summed E-state index contributed by atoms with van der Waals surface area (Å²) in [6.45, 7) is 21.8. The number of hydrogen-bond donors (Lipinski definition) is 1. The van der Waals surface area contributed by atoms with Gasteiger partial charge in [-0.05, 0) is 86.9 Å². The van der Waals surface area contributed by atoms with E-state index in [-0.39, 0.29) is 38.3 Å². The number of para-hydroxylation sites is 3. The van der Waals surface area contributed by atoms with Gasteiger partial charge in [0.2, 0.25) is 17.3 Å². The fourth-order valence-corrected chi connectivity index (χ4v) is 14.0. The van der Waals surface area contributed by atoms with Crippen molar-refractivity contribution < 1.29 is 68.8 Å². The van der Waals surface area contributed by atoms with Gasteiger partial charge in [-0.25, -0.2) is 35.5 Å². The molecule has 4 aliphatic rings. The van der Waals surface area contributed by atoms with Gasteiger partial charge in [0.1, 0.15) is 34.3 Å². The lowest BCUT2D eigenvalue weighted by Crippen LogP contribution is -2.68. The topological polar surface area (TPSA) is 257 Å². The first-order chi connectivity index (χ1) is 43.6.